The van der Waals surface area contributed by atoms with Crippen LogP contribution in [0.2, 0.25) is 0 Å². The largest absolute Gasteiger partial charge is 0.444 e. The minimum atomic E-state index is -0.709. The van der Waals surface area contributed by atoms with Crippen molar-refractivity contribution in [3.05, 3.63) is 78.0 Å². The smallest absolute Gasteiger partial charge is 0.413 e. The second-order valence-electron chi connectivity index (χ2n) is 13.8. The van der Waals surface area contributed by atoms with Crippen molar-refractivity contribution in [3.63, 3.8) is 0 Å². The first kappa shape index (κ1) is 32.5. The molecule has 10 heteroatoms. The Morgan fingerprint density at radius 3 is 2.15 bits per heavy atom. The third-order valence-corrected chi connectivity index (χ3v) is 7.76. The van der Waals surface area contributed by atoms with Gasteiger partial charge in [-0.2, -0.15) is 0 Å². The van der Waals surface area contributed by atoms with Gasteiger partial charge in [-0.15, -0.1) is 0 Å². The van der Waals surface area contributed by atoms with Crippen molar-refractivity contribution in [2.45, 2.75) is 65.6 Å². The Kier molecular flexibility index (Phi) is 9.10. The number of hydrogen-bond donors (Lipinski definition) is 3. The lowest BCUT2D eigenvalue weighted by Crippen LogP contribution is -2.43. The van der Waals surface area contributed by atoms with Gasteiger partial charge in [-0.1, -0.05) is 42.5 Å². The van der Waals surface area contributed by atoms with Gasteiger partial charge in [0.25, 0.3) is 5.91 Å². The average molecular weight is 626 g/mol. The maximum absolute atomic E-state index is 13.8. The molecule has 0 spiro atoms. The Bertz CT molecular complexity index is 1790. The zero-order valence-corrected chi connectivity index (χ0v) is 27.4. The lowest BCUT2D eigenvalue weighted by Gasteiger charge is -2.33. The molecule has 46 heavy (non-hydrogen) atoms. The lowest BCUT2D eigenvalue weighted by molar-refractivity contribution is 0.0183. The number of nitrogens with zero attached hydrogens (tertiary/aromatic N) is 2. The first-order valence-electron chi connectivity index (χ1n) is 15.7. The van der Waals surface area contributed by atoms with Crippen molar-refractivity contribution in [1.29, 1.82) is 5.41 Å². The molecule has 3 aromatic carbocycles. The summed E-state index contributed by atoms with van der Waals surface area (Å²) in [6, 6.07) is 21.3. The number of piperidine rings is 1. The Balaban J connectivity index is 1.39. The van der Waals surface area contributed by atoms with Crippen molar-refractivity contribution >= 4 is 45.6 Å². The fourth-order valence-corrected chi connectivity index (χ4v) is 5.57. The number of alkyl carbamates (subject to hydrolysis) is 1. The molecule has 10 nitrogen and oxygen atoms in total. The van der Waals surface area contributed by atoms with Gasteiger partial charge in [-0.3, -0.25) is 15.5 Å². The Labute approximate surface area is 269 Å². The van der Waals surface area contributed by atoms with E-state index in [4.69, 9.17) is 14.9 Å². The van der Waals surface area contributed by atoms with E-state index in [-0.39, 0.29) is 23.8 Å². The number of nitrogens with one attached hydrogen (secondary N) is 3. The highest BCUT2D eigenvalue weighted by Gasteiger charge is 2.28. The molecule has 1 aliphatic rings. The summed E-state index contributed by atoms with van der Waals surface area (Å²) in [4.78, 5) is 40.4. The van der Waals surface area contributed by atoms with Gasteiger partial charge in [0.15, 0.2) is 0 Å². The predicted molar refractivity (Wildman–Crippen MR) is 180 cm³/mol. The molecule has 1 saturated heterocycles. The topological polar surface area (TPSA) is 126 Å². The van der Waals surface area contributed by atoms with Crippen LogP contribution in [0.25, 0.3) is 27.4 Å². The number of rotatable bonds is 5. The molecule has 3 amide bonds. The molecule has 5 rings (SSSR count). The summed E-state index contributed by atoms with van der Waals surface area (Å²) in [6.07, 6.45) is 0.523. The summed E-state index contributed by atoms with van der Waals surface area (Å²) in [7, 11) is 0. The van der Waals surface area contributed by atoms with Crippen molar-refractivity contribution in [3.8, 4) is 5.69 Å². The number of carbonyl (C=O) groups is 3. The van der Waals surface area contributed by atoms with E-state index >= 15 is 0 Å². The van der Waals surface area contributed by atoms with Gasteiger partial charge in [0.05, 0.1) is 5.52 Å². The van der Waals surface area contributed by atoms with Gasteiger partial charge in [-0.05, 0) is 95.3 Å². The van der Waals surface area contributed by atoms with Crippen LogP contribution in [0.3, 0.4) is 0 Å². The third-order valence-electron chi connectivity index (χ3n) is 7.76. The molecule has 242 valence electrons. The van der Waals surface area contributed by atoms with Crippen molar-refractivity contribution in [2.75, 3.05) is 19.6 Å². The summed E-state index contributed by atoms with van der Waals surface area (Å²) < 4.78 is 12.7. The van der Waals surface area contributed by atoms with Crippen LogP contribution < -0.4 is 10.6 Å². The SMILES string of the molecule is CC(C)(C)OC(=O)NC(=N)c1ccc2cc(C(=O)NCC3CCN(C(=O)OC(C)(C)C)CC3)n(-c3ccc4ccccc4c3)c2c1. The quantitative estimate of drug-likeness (QED) is 0.163. The van der Waals surface area contributed by atoms with Crippen LogP contribution in [0, 0.1) is 11.3 Å². The average Bonchev–Trinajstić information content (AvgIpc) is 3.37. The minimum Gasteiger partial charge on any atom is -0.444 e. The van der Waals surface area contributed by atoms with Crippen LogP contribution in [-0.4, -0.2) is 64.2 Å². The highest BCUT2D eigenvalue weighted by atomic mass is 16.6. The van der Waals surface area contributed by atoms with Crippen molar-refractivity contribution in [2.24, 2.45) is 5.92 Å². The van der Waals surface area contributed by atoms with E-state index in [0.717, 1.165) is 40.2 Å². The van der Waals surface area contributed by atoms with E-state index in [1.165, 1.54) is 0 Å². The number of amides is 3. The van der Waals surface area contributed by atoms with Crippen molar-refractivity contribution in [1.82, 2.24) is 20.1 Å². The van der Waals surface area contributed by atoms with Gasteiger partial charge >= 0.3 is 12.2 Å². The Hall–Kier alpha value is -4.86. The molecule has 1 fully saturated rings. The molecule has 1 aliphatic heterocycles. The Morgan fingerprint density at radius 1 is 0.826 bits per heavy atom. The summed E-state index contributed by atoms with van der Waals surface area (Å²) >= 11 is 0. The number of fused-ring (bicyclic) bond motifs is 2. The maximum Gasteiger partial charge on any atom is 0.413 e. The van der Waals surface area contributed by atoms with E-state index in [2.05, 4.69) is 10.6 Å². The van der Waals surface area contributed by atoms with E-state index in [1.54, 1.807) is 37.8 Å². The molecule has 3 N–H and O–H groups in total. The monoisotopic (exact) mass is 625 g/mol. The van der Waals surface area contributed by atoms with E-state index < -0.39 is 17.3 Å². The van der Waals surface area contributed by atoms with Crippen LogP contribution in [0.5, 0.6) is 0 Å². The first-order chi connectivity index (χ1) is 21.7. The fourth-order valence-electron chi connectivity index (χ4n) is 5.57. The molecule has 2 heterocycles. The van der Waals surface area contributed by atoms with Gasteiger partial charge in [-0.25, -0.2) is 9.59 Å². The number of hydrogen-bond acceptors (Lipinski definition) is 6. The molecule has 0 aliphatic carbocycles. The minimum absolute atomic E-state index is 0.105. The molecular formula is C36H43N5O5. The van der Waals surface area contributed by atoms with E-state index in [0.29, 0.717) is 30.9 Å². The highest BCUT2D eigenvalue weighted by Crippen LogP contribution is 2.28. The predicted octanol–water partition coefficient (Wildman–Crippen LogP) is 7.01. The number of amidine groups is 1. The molecule has 1 aromatic heterocycles. The number of carbonyl (C=O) groups excluding carboxylic acids is 3. The maximum atomic E-state index is 13.8. The standard InChI is InChI=1S/C36H43N5O5/c1-35(2,3)45-33(43)39-31(37)27-12-11-26-20-30(41(29(26)21-27)28-14-13-24-9-7-8-10-25(24)19-28)32(42)38-22-23-15-17-40(18-16-23)34(44)46-36(4,5)6/h7-14,19-21,23H,15-18,22H2,1-6H3,(H,38,42)(H2,37,39,43). The summed E-state index contributed by atoms with van der Waals surface area (Å²) in [5, 5.41) is 17.1. The van der Waals surface area contributed by atoms with E-state index in [1.807, 2.05) is 79.9 Å². The highest BCUT2D eigenvalue weighted by molar-refractivity contribution is 6.07. The molecule has 0 radical (unpaired) electrons. The fraction of sp³-hybridized carbons (Fsp3) is 0.389. The molecule has 4 aromatic rings. The first-order valence-corrected chi connectivity index (χ1v) is 15.7. The van der Waals surface area contributed by atoms with Crippen LogP contribution in [-0.2, 0) is 9.47 Å². The summed E-state index contributed by atoms with van der Waals surface area (Å²) in [5.41, 5.74) is 1.22. The number of likely N-dealkylation sites (tertiary alicyclic amines) is 1. The molecule has 0 saturated carbocycles. The number of ether oxygens (including phenoxy) is 2. The van der Waals surface area contributed by atoms with E-state index in [9.17, 15) is 14.4 Å². The van der Waals surface area contributed by atoms with Gasteiger partial charge in [0.2, 0.25) is 0 Å². The second-order valence-corrected chi connectivity index (χ2v) is 13.8. The second kappa shape index (κ2) is 12.9. The number of aromatic nitrogens is 1. The lowest BCUT2D eigenvalue weighted by atomic mass is 9.97. The van der Waals surface area contributed by atoms with Gasteiger partial charge < -0.3 is 24.3 Å². The molecule has 0 bridgehead atoms. The van der Waals surface area contributed by atoms with Crippen LogP contribution in [0.1, 0.15) is 70.4 Å². The molecular weight excluding hydrogens is 582 g/mol. The summed E-state index contributed by atoms with van der Waals surface area (Å²) in [5.74, 6) is -0.0966. The van der Waals surface area contributed by atoms with Crippen LogP contribution >= 0.6 is 0 Å². The zero-order chi connectivity index (χ0) is 33.2. The summed E-state index contributed by atoms with van der Waals surface area (Å²) in [6.45, 7) is 12.5. The molecule has 0 atom stereocenters. The van der Waals surface area contributed by atoms with Crippen LogP contribution in [0.15, 0.2) is 66.7 Å². The van der Waals surface area contributed by atoms with Gasteiger partial charge in [0.1, 0.15) is 22.7 Å². The zero-order valence-electron chi connectivity index (χ0n) is 27.4. The Morgan fingerprint density at radius 2 is 1.48 bits per heavy atom. The number of benzene rings is 3. The van der Waals surface area contributed by atoms with Crippen LogP contribution in [0.4, 0.5) is 9.59 Å². The third kappa shape index (κ3) is 7.85. The van der Waals surface area contributed by atoms with Gasteiger partial charge in [0, 0.05) is 36.3 Å². The normalized spacial score (nSPS) is 14.3. The van der Waals surface area contributed by atoms with Crippen molar-refractivity contribution < 1.29 is 23.9 Å². The molecule has 0 unspecified atom stereocenters.